The molecule has 1 unspecified atom stereocenters. The highest BCUT2D eigenvalue weighted by Gasteiger charge is 2.72. The van der Waals surface area contributed by atoms with Gasteiger partial charge in [-0.25, -0.2) is 0 Å². The van der Waals surface area contributed by atoms with E-state index in [9.17, 15) is 19.5 Å². The fourth-order valence-corrected chi connectivity index (χ4v) is 6.89. The van der Waals surface area contributed by atoms with E-state index in [-0.39, 0.29) is 30.2 Å². The van der Waals surface area contributed by atoms with Crippen LogP contribution in [0.5, 0.6) is 0 Å². The average molecular weight is 536 g/mol. The maximum Gasteiger partial charge on any atom is 0.249 e. The minimum atomic E-state index is -1.29. The lowest BCUT2D eigenvalue weighted by Gasteiger charge is -2.42. The van der Waals surface area contributed by atoms with Crippen molar-refractivity contribution in [2.24, 2.45) is 17.8 Å². The van der Waals surface area contributed by atoms with Crippen LogP contribution in [0.15, 0.2) is 54.6 Å². The molecule has 8 nitrogen and oxygen atoms in total. The Labute approximate surface area is 231 Å². The summed E-state index contributed by atoms with van der Waals surface area (Å²) in [5.41, 5.74) is -0.771. The van der Waals surface area contributed by atoms with Gasteiger partial charge in [0.05, 0.1) is 30.6 Å². The van der Waals surface area contributed by atoms with Crippen molar-refractivity contribution >= 4 is 17.7 Å². The molecule has 4 heterocycles. The predicted molar refractivity (Wildman–Crippen MR) is 147 cm³/mol. The summed E-state index contributed by atoms with van der Waals surface area (Å²) in [5, 5.41) is 10.5. The standard InChI is InChI=1S/C31H41N3O5/c1-20(2)17-22(19-35)34-26-29(38)33(30(3,4)5)16-10-14-31(26)25(28(34)37)24-23(39-31)13-9-15-32(27(24)36)18-21-11-7-6-8-12-21/h6-14,20,22-26,35H,15-19H2,1-5H3/t22-,23-,24+,25+,26?,31+/m1/s1. The summed E-state index contributed by atoms with van der Waals surface area (Å²) in [4.78, 5) is 48.1. The topological polar surface area (TPSA) is 90.4 Å². The Balaban J connectivity index is 1.59. The maximum atomic E-state index is 14.5. The van der Waals surface area contributed by atoms with E-state index in [1.54, 1.807) is 14.7 Å². The van der Waals surface area contributed by atoms with Gasteiger partial charge in [0.25, 0.3) is 0 Å². The van der Waals surface area contributed by atoms with Crippen molar-refractivity contribution in [1.29, 1.82) is 0 Å². The summed E-state index contributed by atoms with van der Waals surface area (Å²) in [6.45, 7) is 10.9. The van der Waals surface area contributed by atoms with E-state index >= 15 is 0 Å². The van der Waals surface area contributed by atoms with Crippen molar-refractivity contribution in [2.75, 3.05) is 19.7 Å². The Morgan fingerprint density at radius 3 is 2.38 bits per heavy atom. The van der Waals surface area contributed by atoms with Gasteiger partial charge in [-0.2, -0.15) is 0 Å². The highest BCUT2D eigenvalue weighted by Crippen LogP contribution is 2.54. The molecule has 0 saturated carbocycles. The highest BCUT2D eigenvalue weighted by atomic mass is 16.5. The van der Waals surface area contributed by atoms with Crippen LogP contribution in [-0.4, -0.2) is 86.6 Å². The van der Waals surface area contributed by atoms with Gasteiger partial charge in [0, 0.05) is 25.2 Å². The minimum absolute atomic E-state index is 0.146. The van der Waals surface area contributed by atoms with Gasteiger partial charge in [-0.3, -0.25) is 14.4 Å². The van der Waals surface area contributed by atoms with Crippen LogP contribution in [0, 0.1) is 17.8 Å². The van der Waals surface area contributed by atoms with Crippen molar-refractivity contribution in [2.45, 2.75) is 76.9 Å². The van der Waals surface area contributed by atoms with E-state index in [4.69, 9.17) is 4.74 Å². The molecule has 6 atom stereocenters. The second kappa shape index (κ2) is 10.2. The van der Waals surface area contributed by atoms with Crippen molar-refractivity contribution < 1.29 is 24.2 Å². The van der Waals surface area contributed by atoms with Crippen molar-refractivity contribution in [3.05, 3.63) is 60.2 Å². The van der Waals surface area contributed by atoms with Crippen LogP contribution in [0.3, 0.4) is 0 Å². The van der Waals surface area contributed by atoms with Crippen molar-refractivity contribution in [3.8, 4) is 0 Å². The molecule has 4 aliphatic rings. The fraction of sp³-hybridized carbons (Fsp3) is 0.581. The molecule has 1 spiro atoms. The van der Waals surface area contributed by atoms with Gasteiger partial charge < -0.3 is 24.5 Å². The first-order chi connectivity index (χ1) is 18.5. The Morgan fingerprint density at radius 2 is 1.74 bits per heavy atom. The summed E-state index contributed by atoms with van der Waals surface area (Å²) >= 11 is 0. The van der Waals surface area contributed by atoms with Crippen LogP contribution < -0.4 is 0 Å². The molecule has 1 N–H and O–H groups in total. The van der Waals surface area contributed by atoms with Gasteiger partial charge in [0.15, 0.2) is 0 Å². The monoisotopic (exact) mass is 535 g/mol. The minimum Gasteiger partial charge on any atom is -0.394 e. The number of aliphatic hydroxyl groups is 1. The summed E-state index contributed by atoms with van der Waals surface area (Å²) < 4.78 is 6.73. The summed E-state index contributed by atoms with van der Waals surface area (Å²) in [5.74, 6) is -2.07. The first kappa shape index (κ1) is 27.6. The summed E-state index contributed by atoms with van der Waals surface area (Å²) in [7, 11) is 0. The van der Waals surface area contributed by atoms with E-state index in [0.717, 1.165) is 5.56 Å². The van der Waals surface area contributed by atoms with Gasteiger partial charge in [-0.05, 0) is 38.7 Å². The molecule has 0 radical (unpaired) electrons. The number of likely N-dealkylation sites (tertiary alicyclic amines) is 1. The largest absolute Gasteiger partial charge is 0.394 e. The van der Waals surface area contributed by atoms with Crippen molar-refractivity contribution in [1.82, 2.24) is 14.7 Å². The number of rotatable bonds is 6. The number of amides is 3. The Bertz CT molecular complexity index is 1170. The van der Waals surface area contributed by atoms with Crippen LogP contribution in [0.25, 0.3) is 0 Å². The molecule has 1 aromatic carbocycles. The molecule has 39 heavy (non-hydrogen) atoms. The number of aliphatic hydroxyl groups excluding tert-OH is 1. The van der Waals surface area contributed by atoms with Crippen LogP contribution in [0.2, 0.25) is 0 Å². The SMILES string of the molecule is CC(C)C[C@H](CO)N1C(=O)[C@@H]2[C@H]3C(=O)N(Cc4ccccc4)CC=C[C@H]3O[C@@]23C=CCN(C(C)(C)C)C(=O)C13. The molecule has 8 heteroatoms. The molecule has 0 aromatic heterocycles. The summed E-state index contributed by atoms with van der Waals surface area (Å²) in [6.07, 6.45) is 7.51. The smallest absolute Gasteiger partial charge is 0.249 e. The third kappa shape index (κ3) is 4.61. The zero-order valence-electron chi connectivity index (χ0n) is 23.6. The van der Waals surface area contributed by atoms with Gasteiger partial charge in [-0.15, -0.1) is 0 Å². The first-order valence-electron chi connectivity index (χ1n) is 14.1. The second-order valence-electron chi connectivity index (χ2n) is 12.7. The lowest BCUT2D eigenvalue weighted by Crippen LogP contribution is -2.60. The van der Waals surface area contributed by atoms with Crippen LogP contribution in [-0.2, 0) is 25.7 Å². The molecule has 0 aliphatic carbocycles. The maximum absolute atomic E-state index is 14.5. The number of hydrogen-bond donors (Lipinski definition) is 1. The molecule has 210 valence electrons. The number of fused-ring (bicyclic) bond motifs is 2. The first-order valence-corrected chi connectivity index (χ1v) is 14.1. The number of nitrogens with zero attached hydrogens (tertiary/aromatic N) is 3. The predicted octanol–water partition coefficient (Wildman–Crippen LogP) is 2.77. The van der Waals surface area contributed by atoms with Gasteiger partial charge >= 0.3 is 0 Å². The Morgan fingerprint density at radius 1 is 1.03 bits per heavy atom. The Kier molecular flexibility index (Phi) is 7.22. The van der Waals surface area contributed by atoms with Crippen LogP contribution >= 0.6 is 0 Å². The molecule has 0 bridgehead atoms. The van der Waals surface area contributed by atoms with Gasteiger partial charge in [-0.1, -0.05) is 68.5 Å². The molecular formula is C31H41N3O5. The second-order valence-corrected chi connectivity index (χ2v) is 12.7. The van der Waals surface area contributed by atoms with E-state index in [0.29, 0.717) is 26.1 Å². The normalized spacial score (nSPS) is 31.4. The van der Waals surface area contributed by atoms with Crippen LogP contribution in [0.1, 0.15) is 46.6 Å². The van der Waals surface area contributed by atoms with Gasteiger partial charge in [0.2, 0.25) is 17.7 Å². The average Bonchev–Trinajstić information content (AvgIpc) is 3.20. The fourth-order valence-electron chi connectivity index (χ4n) is 6.89. The molecule has 2 saturated heterocycles. The number of carbonyl (C=O) groups excluding carboxylic acids is 3. The highest BCUT2D eigenvalue weighted by molar-refractivity contribution is 6.00. The number of carbonyl (C=O) groups is 3. The zero-order chi connectivity index (χ0) is 28.1. The molecule has 1 aromatic rings. The number of ether oxygens (including phenoxy) is 1. The van der Waals surface area contributed by atoms with E-state index in [2.05, 4.69) is 0 Å². The lowest BCUT2D eigenvalue weighted by molar-refractivity contribution is -0.154. The molecule has 3 amide bonds. The zero-order valence-corrected chi connectivity index (χ0v) is 23.6. The molecular weight excluding hydrogens is 494 g/mol. The quantitative estimate of drug-likeness (QED) is 0.566. The number of hydrogen-bond acceptors (Lipinski definition) is 5. The Hall–Kier alpha value is -2.97. The summed E-state index contributed by atoms with van der Waals surface area (Å²) in [6, 6.07) is 8.28. The molecule has 2 fully saturated rings. The van der Waals surface area contributed by atoms with Gasteiger partial charge in [0.1, 0.15) is 11.6 Å². The van der Waals surface area contributed by atoms with E-state index < -0.39 is 41.2 Å². The number of benzene rings is 1. The van der Waals surface area contributed by atoms with Crippen molar-refractivity contribution in [3.63, 3.8) is 0 Å². The van der Waals surface area contributed by atoms with E-state index in [1.807, 2.05) is 89.3 Å². The molecule has 4 aliphatic heterocycles. The third-order valence-corrected chi connectivity index (χ3v) is 8.55. The third-order valence-electron chi connectivity index (χ3n) is 8.55. The van der Waals surface area contributed by atoms with E-state index in [1.165, 1.54) is 0 Å². The van der Waals surface area contributed by atoms with Crippen LogP contribution in [0.4, 0.5) is 0 Å². The lowest BCUT2D eigenvalue weighted by atomic mass is 9.77. The molecule has 5 rings (SSSR count).